The zero-order valence-electron chi connectivity index (χ0n) is 16.9. The second kappa shape index (κ2) is 11.4. The molecule has 154 valence electrons. The van der Waals surface area contributed by atoms with E-state index in [2.05, 4.69) is 5.32 Å². The Morgan fingerprint density at radius 1 is 0.966 bits per heavy atom. The summed E-state index contributed by atoms with van der Waals surface area (Å²) >= 11 is 0. The minimum atomic E-state index is -0.280. The summed E-state index contributed by atoms with van der Waals surface area (Å²) in [5.41, 5.74) is 2.04. The summed E-state index contributed by atoms with van der Waals surface area (Å²) in [6, 6.07) is 19.8. The van der Waals surface area contributed by atoms with E-state index in [1.165, 1.54) is 0 Å². The molecule has 0 aliphatic carbocycles. The van der Waals surface area contributed by atoms with Crippen LogP contribution < -0.4 is 5.32 Å². The van der Waals surface area contributed by atoms with Crippen molar-refractivity contribution in [3.05, 3.63) is 71.8 Å². The molecule has 1 aliphatic heterocycles. The molecule has 0 unspecified atom stereocenters. The molecule has 29 heavy (non-hydrogen) atoms. The SMILES string of the molecule is O=C(COC(c1ccccc1)c1ccccc1)NCCCN1CCCCCC1=O. The fraction of sp³-hybridized carbons (Fsp3) is 0.417. The first-order valence-electron chi connectivity index (χ1n) is 10.5. The number of likely N-dealkylation sites (tertiary alicyclic amines) is 1. The van der Waals surface area contributed by atoms with Crippen LogP contribution in [0.2, 0.25) is 0 Å². The molecular formula is C24H30N2O3. The first-order valence-corrected chi connectivity index (χ1v) is 10.5. The minimum absolute atomic E-state index is 0.00288. The first-order chi connectivity index (χ1) is 14.2. The van der Waals surface area contributed by atoms with Crippen molar-refractivity contribution in [1.29, 1.82) is 0 Å². The summed E-state index contributed by atoms with van der Waals surface area (Å²) in [5, 5.41) is 2.91. The van der Waals surface area contributed by atoms with Crippen molar-refractivity contribution in [2.75, 3.05) is 26.2 Å². The zero-order chi connectivity index (χ0) is 20.3. The molecule has 5 nitrogen and oxygen atoms in total. The highest BCUT2D eigenvalue weighted by Crippen LogP contribution is 2.25. The van der Waals surface area contributed by atoms with Crippen LogP contribution in [-0.4, -0.2) is 43.0 Å². The standard InChI is InChI=1S/C24H30N2O3/c27-22(25-16-10-18-26-17-9-3-8-15-23(26)28)19-29-24(20-11-4-1-5-12-20)21-13-6-2-7-14-21/h1-2,4-7,11-14,24H,3,8-10,15-19H2,(H,25,27). The number of hydrogen-bond donors (Lipinski definition) is 1. The van der Waals surface area contributed by atoms with Gasteiger partial charge in [-0.05, 0) is 30.4 Å². The van der Waals surface area contributed by atoms with Crippen LogP contribution in [0.1, 0.15) is 49.3 Å². The number of nitrogens with zero attached hydrogens (tertiary/aromatic N) is 1. The van der Waals surface area contributed by atoms with Gasteiger partial charge in [0, 0.05) is 26.1 Å². The van der Waals surface area contributed by atoms with Crippen LogP contribution in [0.25, 0.3) is 0 Å². The molecule has 1 N–H and O–H groups in total. The van der Waals surface area contributed by atoms with Gasteiger partial charge in [-0.1, -0.05) is 67.1 Å². The molecule has 2 aromatic rings. The molecule has 0 bridgehead atoms. The average Bonchev–Trinajstić information content (AvgIpc) is 2.97. The van der Waals surface area contributed by atoms with Crippen molar-refractivity contribution in [1.82, 2.24) is 10.2 Å². The molecular weight excluding hydrogens is 364 g/mol. The fourth-order valence-corrected chi connectivity index (χ4v) is 3.62. The highest BCUT2D eigenvalue weighted by molar-refractivity contribution is 5.77. The summed E-state index contributed by atoms with van der Waals surface area (Å²) in [5.74, 6) is 0.106. The van der Waals surface area contributed by atoms with Crippen LogP contribution in [0.4, 0.5) is 0 Å². The van der Waals surface area contributed by atoms with Gasteiger partial charge in [0.25, 0.3) is 0 Å². The summed E-state index contributed by atoms with van der Waals surface area (Å²) in [7, 11) is 0. The lowest BCUT2D eigenvalue weighted by molar-refractivity contribution is -0.130. The normalized spacial score (nSPS) is 14.7. The monoisotopic (exact) mass is 394 g/mol. The maximum atomic E-state index is 12.3. The van der Waals surface area contributed by atoms with Gasteiger partial charge in [-0.3, -0.25) is 9.59 Å². The Morgan fingerprint density at radius 3 is 2.28 bits per heavy atom. The van der Waals surface area contributed by atoms with Gasteiger partial charge in [0.1, 0.15) is 12.7 Å². The van der Waals surface area contributed by atoms with Gasteiger partial charge in [0.15, 0.2) is 0 Å². The Hall–Kier alpha value is -2.66. The van der Waals surface area contributed by atoms with Crippen molar-refractivity contribution >= 4 is 11.8 Å². The van der Waals surface area contributed by atoms with E-state index in [-0.39, 0.29) is 24.5 Å². The molecule has 3 rings (SSSR count). The molecule has 1 heterocycles. The van der Waals surface area contributed by atoms with Crippen molar-refractivity contribution in [3.8, 4) is 0 Å². The summed E-state index contributed by atoms with van der Waals surface area (Å²) in [6.07, 6.45) is 4.33. The Morgan fingerprint density at radius 2 is 1.62 bits per heavy atom. The zero-order valence-corrected chi connectivity index (χ0v) is 16.9. The van der Waals surface area contributed by atoms with E-state index in [1.807, 2.05) is 65.6 Å². The topological polar surface area (TPSA) is 58.6 Å². The number of ether oxygens (including phenoxy) is 1. The lowest BCUT2D eigenvalue weighted by Crippen LogP contribution is -2.35. The Balaban J connectivity index is 1.45. The molecule has 2 aromatic carbocycles. The molecule has 0 saturated carbocycles. The van der Waals surface area contributed by atoms with Gasteiger partial charge in [0.2, 0.25) is 11.8 Å². The van der Waals surface area contributed by atoms with E-state index < -0.39 is 0 Å². The molecule has 5 heteroatoms. The second-order valence-electron chi connectivity index (χ2n) is 7.41. The summed E-state index contributed by atoms with van der Waals surface area (Å²) < 4.78 is 5.98. The molecule has 0 radical (unpaired) electrons. The van der Waals surface area contributed by atoms with Crippen LogP contribution in [0, 0.1) is 0 Å². The number of hydrogen-bond acceptors (Lipinski definition) is 3. The van der Waals surface area contributed by atoms with Crippen molar-refractivity contribution < 1.29 is 14.3 Å². The van der Waals surface area contributed by atoms with Crippen LogP contribution >= 0.6 is 0 Å². The third-order valence-electron chi connectivity index (χ3n) is 5.18. The Bertz CT molecular complexity index is 725. The molecule has 1 aliphatic rings. The number of benzene rings is 2. The Labute approximate surface area is 173 Å². The predicted octanol–water partition coefficient (Wildman–Crippen LogP) is 3.70. The first kappa shape index (κ1) is 21.1. The molecule has 1 fully saturated rings. The van der Waals surface area contributed by atoms with Gasteiger partial charge < -0.3 is 15.0 Å². The van der Waals surface area contributed by atoms with E-state index in [9.17, 15) is 9.59 Å². The van der Waals surface area contributed by atoms with Gasteiger partial charge in [-0.15, -0.1) is 0 Å². The Kier molecular flexibility index (Phi) is 8.25. The highest BCUT2D eigenvalue weighted by atomic mass is 16.5. The van der Waals surface area contributed by atoms with E-state index in [1.54, 1.807) is 0 Å². The number of carbonyl (C=O) groups is 2. The lowest BCUT2D eigenvalue weighted by atomic mass is 10.0. The highest BCUT2D eigenvalue weighted by Gasteiger charge is 2.17. The van der Waals surface area contributed by atoms with Crippen molar-refractivity contribution in [2.45, 2.75) is 38.2 Å². The molecule has 0 spiro atoms. The van der Waals surface area contributed by atoms with Crippen LogP contribution in [0.15, 0.2) is 60.7 Å². The van der Waals surface area contributed by atoms with Crippen molar-refractivity contribution in [2.24, 2.45) is 0 Å². The minimum Gasteiger partial charge on any atom is -0.359 e. The van der Waals surface area contributed by atoms with E-state index in [0.717, 1.165) is 43.4 Å². The van der Waals surface area contributed by atoms with Crippen LogP contribution in [0.3, 0.4) is 0 Å². The molecule has 2 amide bonds. The van der Waals surface area contributed by atoms with Gasteiger partial charge in [0.05, 0.1) is 0 Å². The fourth-order valence-electron chi connectivity index (χ4n) is 3.62. The van der Waals surface area contributed by atoms with E-state index in [4.69, 9.17) is 4.74 Å². The van der Waals surface area contributed by atoms with Crippen molar-refractivity contribution in [3.63, 3.8) is 0 Å². The largest absolute Gasteiger partial charge is 0.359 e. The van der Waals surface area contributed by atoms with Gasteiger partial charge in [-0.2, -0.15) is 0 Å². The molecule has 1 saturated heterocycles. The maximum Gasteiger partial charge on any atom is 0.246 e. The lowest BCUT2D eigenvalue weighted by Gasteiger charge is -2.21. The van der Waals surface area contributed by atoms with Gasteiger partial charge in [-0.25, -0.2) is 0 Å². The van der Waals surface area contributed by atoms with Crippen LogP contribution in [0.5, 0.6) is 0 Å². The maximum absolute atomic E-state index is 12.3. The number of rotatable bonds is 9. The predicted molar refractivity (Wildman–Crippen MR) is 113 cm³/mol. The quantitative estimate of drug-likeness (QED) is 0.660. The van der Waals surface area contributed by atoms with Crippen LogP contribution in [-0.2, 0) is 14.3 Å². The van der Waals surface area contributed by atoms with Gasteiger partial charge >= 0.3 is 0 Å². The number of nitrogens with one attached hydrogen (secondary N) is 1. The third kappa shape index (κ3) is 6.71. The van der Waals surface area contributed by atoms with E-state index in [0.29, 0.717) is 19.5 Å². The third-order valence-corrected chi connectivity index (χ3v) is 5.18. The molecule has 0 aromatic heterocycles. The number of carbonyl (C=O) groups excluding carboxylic acids is 2. The van der Waals surface area contributed by atoms with E-state index >= 15 is 0 Å². The summed E-state index contributed by atoms with van der Waals surface area (Å²) in [4.78, 5) is 26.2. The average molecular weight is 395 g/mol. The molecule has 0 atom stereocenters. The summed E-state index contributed by atoms with van der Waals surface area (Å²) in [6.45, 7) is 2.09. The second-order valence-corrected chi connectivity index (χ2v) is 7.41. The smallest absolute Gasteiger partial charge is 0.246 e. The number of amides is 2.